The number of carbonyl (C=O) groups excluding carboxylic acids is 2. The zero-order valence-corrected chi connectivity index (χ0v) is 18.3. The van der Waals surface area contributed by atoms with Crippen molar-refractivity contribution < 1.29 is 9.59 Å². The van der Waals surface area contributed by atoms with Crippen molar-refractivity contribution in [3.63, 3.8) is 0 Å². The molecular weight excluding hydrogens is 423 g/mol. The van der Waals surface area contributed by atoms with Gasteiger partial charge in [0.05, 0.1) is 21.6 Å². The van der Waals surface area contributed by atoms with E-state index in [1.54, 1.807) is 12.1 Å². The van der Waals surface area contributed by atoms with Crippen molar-refractivity contribution in [2.75, 3.05) is 6.54 Å². The first kappa shape index (κ1) is 22.1. The molecule has 0 bridgehead atoms. The Morgan fingerprint density at radius 3 is 2.60 bits per heavy atom. The summed E-state index contributed by atoms with van der Waals surface area (Å²) >= 11 is 12.0. The Hall–Kier alpha value is -2.57. The van der Waals surface area contributed by atoms with Gasteiger partial charge < -0.3 is 15.6 Å². The number of hydrogen-bond acceptors (Lipinski definition) is 3. The third-order valence-electron chi connectivity index (χ3n) is 4.74. The first-order valence-corrected chi connectivity index (χ1v) is 10.6. The van der Waals surface area contributed by atoms with Crippen LogP contribution < -0.4 is 10.6 Å². The molecule has 3 rings (SSSR count). The van der Waals surface area contributed by atoms with Gasteiger partial charge in [0.1, 0.15) is 11.9 Å². The minimum absolute atomic E-state index is 0.0876. The van der Waals surface area contributed by atoms with Crippen LogP contribution in [0.5, 0.6) is 0 Å². The molecule has 8 heteroatoms. The van der Waals surface area contributed by atoms with Gasteiger partial charge in [0.15, 0.2) is 0 Å². The summed E-state index contributed by atoms with van der Waals surface area (Å²) in [5.41, 5.74) is 2.21. The van der Waals surface area contributed by atoms with Crippen molar-refractivity contribution in [1.82, 2.24) is 20.6 Å². The van der Waals surface area contributed by atoms with Crippen molar-refractivity contribution >= 4 is 46.0 Å². The second-order valence-electron chi connectivity index (χ2n) is 7.41. The number of benzene rings is 2. The van der Waals surface area contributed by atoms with Crippen LogP contribution in [0.3, 0.4) is 0 Å². The molecule has 2 aromatic carbocycles. The quantitative estimate of drug-likeness (QED) is 0.448. The third-order valence-corrected chi connectivity index (χ3v) is 5.29. The molecule has 0 radical (unpaired) electrons. The van der Waals surface area contributed by atoms with Gasteiger partial charge in [-0.25, -0.2) is 4.98 Å². The van der Waals surface area contributed by atoms with Crippen LogP contribution in [0.15, 0.2) is 42.5 Å². The lowest BCUT2D eigenvalue weighted by atomic mass is 10.0. The van der Waals surface area contributed by atoms with Gasteiger partial charge in [-0.05, 0) is 42.7 Å². The zero-order chi connectivity index (χ0) is 21.7. The maximum Gasteiger partial charge on any atom is 0.253 e. The van der Waals surface area contributed by atoms with E-state index in [1.165, 1.54) is 6.07 Å². The number of halogens is 2. The molecule has 0 fully saturated rings. The van der Waals surface area contributed by atoms with E-state index in [2.05, 4.69) is 20.6 Å². The third kappa shape index (κ3) is 5.52. The number of H-pyrrole nitrogens is 1. The van der Waals surface area contributed by atoms with Gasteiger partial charge in [-0.1, -0.05) is 49.2 Å². The largest absolute Gasteiger partial charge is 0.354 e. The van der Waals surface area contributed by atoms with E-state index in [4.69, 9.17) is 23.2 Å². The fourth-order valence-electron chi connectivity index (χ4n) is 3.13. The maximum atomic E-state index is 12.6. The van der Waals surface area contributed by atoms with Gasteiger partial charge in [0.2, 0.25) is 5.91 Å². The zero-order valence-electron chi connectivity index (χ0n) is 16.8. The Morgan fingerprint density at radius 2 is 1.90 bits per heavy atom. The fraction of sp³-hybridized carbons (Fsp3) is 0.318. The first-order chi connectivity index (χ1) is 14.3. The minimum atomic E-state index is -0.671. The molecule has 3 aromatic rings. The molecule has 0 aliphatic carbocycles. The van der Waals surface area contributed by atoms with Gasteiger partial charge in [0, 0.05) is 18.0 Å². The smallest absolute Gasteiger partial charge is 0.253 e. The van der Waals surface area contributed by atoms with Crippen LogP contribution in [-0.4, -0.2) is 34.4 Å². The molecule has 0 unspecified atom stereocenters. The van der Waals surface area contributed by atoms with Crippen molar-refractivity contribution in [3.8, 4) is 0 Å². The van der Waals surface area contributed by atoms with Crippen LogP contribution in [0.25, 0.3) is 11.0 Å². The lowest BCUT2D eigenvalue weighted by molar-refractivity contribution is -0.123. The van der Waals surface area contributed by atoms with Gasteiger partial charge in [-0.2, -0.15) is 0 Å². The summed E-state index contributed by atoms with van der Waals surface area (Å²) in [6, 6.07) is 11.8. The number of hydrogen-bond donors (Lipinski definition) is 3. The molecule has 6 nitrogen and oxygen atoms in total. The van der Waals surface area contributed by atoms with Crippen molar-refractivity contribution in [3.05, 3.63) is 63.9 Å². The fourth-order valence-corrected chi connectivity index (χ4v) is 3.62. The monoisotopic (exact) mass is 446 g/mol. The molecule has 0 spiro atoms. The number of imidazole rings is 1. The van der Waals surface area contributed by atoms with Crippen LogP contribution in [0.1, 0.15) is 36.5 Å². The minimum Gasteiger partial charge on any atom is -0.354 e. The lowest BCUT2D eigenvalue weighted by Crippen LogP contribution is -2.50. The first-order valence-electron chi connectivity index (χ1n) is 9.82. The Labute approximate surface area is 185 Å². The number of nitrogens with one attached hydrogen (secondary N) is 3. The van der Waals surface area contributed by atoms with Gasteiger partial charge in [0.25, 0.3) is 5.91 Å². The summed E-state index contributed by atoms with van der Waals surface area (Å²) in [4.78, 5) is 33.0. The number of nitrogens with zero attached hydrogens (tertiary/aromatic N) is 1. The molecule has 1 atom stereocenters. The van der Waals surface area contributed by atoms with Crippen molar-refractivity contribution in [2.45, 2.75) is 32.7 Å². The molecular formula is C22H24Cl2N4O2. The predicted molar refractivity (Wildman–Crippen MR) is 120 cm³/mol. The normalized spacial score (nSPS) is 12.2. The summed E-state index contributed by atoms with van der Waals surface area (Å²) in [6.45, 7) is 4.24. The number of aryl methyl sites for hydroxylation is 1. The molecule has 0 aliphatic heterocycles. The van der Waals surface area contributed by atoms with Gasteiger partial charge >= 0.3 is 0 Å². The standard InChI is InChI=1S/C22H24Cl2N4O2/c1-13(2)20(28-21(29)15-10-9-14(23)12-16(15)24)22(30)25-11-5-8-19-26-17-6-3-4-7-18(17)27-19/h3-4,6-7,9-10,12-13,20H,5,8,11H2,1-2H3,(H,25,30)(H,26,27)(H,28,29)/t20-/m0/s1. The molecule has 0 saturated heterocycles. The van der Waals surface area contributed by atoms with Gasteiger partial charge in [-0.15, -0.1) is 0 Å². The molecule has 0 aliphatic rings. The molecule has 2 amide bonds. The Kier molecular flexibility index (Phi) is 7.34. The second kappa shape index (κ2) is 9.96. The number of rotatable bonds is 8. The van der Waals surface area contributed by atoms with E-state index in [0.29, 0.717) is 18.0 Å². The van der Waals surface area contributed by atoms with E-state index in [9.17, 15) is 9.59 Å². The lowest BCUT2D eigenvalue weighted by Gasteiger charge is -2.22. The average molecular weight is 447 g/mol. The molecule has 0 saturated carbocycles. The number of para-hydroxylation sites is 2. The summed E-state index contributed by atoms with van der Waals surface area (Å²) in [5, 5.41) is 6.36. The average Bonchev–Trinajstić information content (AvgIpc) is 3.11. The van der Waals surface area contributed by atoms with E-state index in [-0.39, 0.29) is 22.4 Å². The van der Waals surface area contributed by atoms with Crippen LogP contribution in [0.2, 0.25) is 10.0 Å². The highest BCUT2D eigenvalue weighted by Gasteiger charge is 2.25. The van der Waals surface area contributed by atoms with E-state index >= 15 is 0 Å². The number of fused-ring (bicyclic) bond motifs is 1. The van der Waals surface area contributed by atoms with E-state index in [1.807, 2.05) is 38.1 Å². The van der Waals surface area contributed by atoms with Crippen molar-refractivity contribution in [2.24, 2.45) is 5.92 Å². The SMILES string of the molecule is CC(C)[C@H](NC(=O)c1ccc(Cl)cc1Cl)C(=O)NCCCc1nc2ccccc2[nH]1. The highest BCUT2D eigenvalue weighted by atomic mass is 35.5. The topological polar surface area (TPSA) is 86.9 Å². The number of aromatic amines is 1. The molecule has 3 N–H and O–H groups in total. The summed E-state index contributed by atoms with van der Waals surface area (Å²) in [7, 11) is 0. The van der Waals surface area contributed by atoms with E-state index in [0.717, 1.165) is 23.3 Å². The Balaban J connectivity index is 1.52. The molecule has 30 heavy (non-hydrogen) atoms. The number of amides is 2. The molecule has 1 heterocycles. The van der Waals surface area contributed by atoms with Crippen LogP contribution >= 0.6 is 23.2 Å². The maximum absolute atomic E-state index is 12.6. The summed E-state index contributed by atoms with van der Waals surface area (Å²) in [6.07, 6.45) is 1.45. The van der Waals surface area contributed by atoms with E-state index < -0.39 is 11.9 Å². The Morgan fingerprint density at radius 1 is 1.13 bits per heavy atom. The second-order valence-corrected chi connectivity index (χ2v) is 8.26. The van der Waals surface area contributed by atoms with Crippen LogP contribution in [0.4, 0.5) is 0 Å². The Bertz CT molecular complexity index is 1020. The van der Waals surface area contributed by atoms with Crippen molar-refractivity contribution in [1.29, 1.82) is 0 Å². The highest BCUT2D eigenvalue weighted by molar-refractivity contribution is 6.36. The highest BCUT2D eigenvalue weighted by Crippen LogP contribution is 2.21. The molecule has 158 valence electrons. The summed E-state index contributed by atoms with van der Waals surface area (Å²) in [5.74, 6) is 0.160. The molecule has 1 aromatic heterocycles. The van der Waals surface area contributed by atoms with Gasteiger partial charge in [-0.3, -0.25) is 9.59 Å². The van der Waals surface area contributed by atoms with Crippen LogP contribution in [0, 0.1) is 5.92 Å². The predicted octanol–water partition coefficient (Wildman–Crippen LogP) is 4.37. The van der Waals surface area contributed by atoms with Crippen LogP contribution in [-0.2, 0) is 11.2 Å². The summed E-state index contributed by atoms with van der Waals surface area (Å²) < 4.78 is 0. The number of carbonyl (C=O) groups is 2. The number of aromatic nitrogens is 2.